The van der Waals surface area contributed by atoms with E-state index in [0.717, 1.165) is 27.7 Å². The van der Waals surface area contributed by atoms with E-state index < -0.39 is 0 Å². The van der Waals surface area contributed by atoms with Crippen molar-refractivity contribution in [3.63, 3.8) is 0 Å². The van der Waals surface area contributed by atoms with Gasteiger partial charge in [0.05, 0.1) is 0 Å². The van der Waals surface area contributed by atoms with Crippen LogP contribution in [-0.2, 0) is 22.7 Å². The van der Waals surface area contributed by atoms with Crippen LogP contribution in [0.25, 0.3) is 22.2 Å². The van der Waals surface area contributed by atoms with Crippen LogP contribution in [0.15, 0.2) is 85.2 Å². The Hall–Kier alpha value is -3.40. The standard InChI is InChI=1S/C22H18N2O2/c25-22(26-16-17-7-6-12-23-14-17)15-24-20-11-5-4-10-19(20)13-21(24)18-8-2-1-3-9-18/h1-14H,15-16H2. The van der Waals surface area contributed by atoms with Gasteiger partial charge >= 0.3 is 5.97 Å². The number of aromatic nitrogens is 2. The molecule has 4 heteroatoms. The Morgan fingerprint density at radius 2 is 1.77 bits per heavy atom. The first kappa shape index (κ1) is 16.1. The zero-order valence-electron chi connectivity index (χ0n) is 14.2. The minimum absolute atomic E-state index is 0.165. The van der Waals surface area contributed by atoms with Crippen molar-refractivity contribution in [3.8, 4) is 11.3 Å². The lowest BCUT2D eigenvalue weighted by Gasteiger charge is -2.11. The lowest BCUT2D eigenvalue weighted by atomic mass is 10.1. The molecule has 2 aromatic carbocycles. The molecule has 0 radical (unpaired) electrons. The molecule has 0 N–H and O–H groups in total. The Labute approximate surface area is 151 Å². The van der Waals surface area contributed by atoms with Crippen molar-refractivity contribution in [2.75, 3.05) is 0 Å². The van der Waals surface area contributed by atoms with Crippen LogP contribution in [0.3, 0.4) is 0 Å². The van der Waals surface area contributed by atoms with E-state index in [2.05, 4.69) is 17.1 Å². The molecule has 2 heterocycles. The maximum absolute atomic E-state index is 12.4. The molecule has 0 spiro atoms. The van der Waals surface area contributed by atoms with Crippen LogP contribution in [0.4, 0.5) is 0 Å². The molecule has 0 atom stereocenters. The number of fused-ring (bicyclic) bond motifs is 1. The number of benzene rings is 2. The predicted octanol–water partition coefficient (Wildman–Crippen LogP) is 4.45. The molecule has 0 bridgehead atoms. The highest BCUT2D eigenvalue weighted by molar-refractivity contribution is 5.88. The topological polar surface area (TPSA) is 44.1 Å². The summed E-state index contributed by atoms with van der Waals surface area (Å²) in [6.45, 7) is 0.393. The van der Waals surface area contributed by atoms with Crippen LogP contribution < -0.4 is 0 Å². The highest BCUT2D eigenvalue weighted by Crippen LogP contribution is 2.28. The van der Waals surface area contributed by atoms with E-state index in [-0.39, 0.29) is 19.1 Å². The van der Waals surface area contributed by atoms with E-state index in [9.17, 15) is 4.79 Å². The van der Waals surface area contributed by atoms with Crippen LogP contribution in [0.1, 0.15) is 5.56 Å². The van der Waals surface area contributed by atoms with Gasteiger partial charge < -0.3 is 9.30 Å². The molecule has 0 aliphatic rings. The lowest BCUT2D eigenvalue weighted by molar-refractivity contribution is -0.145. The normalized spacial score (nSPS) is 10.8. The maximum Gasteiger partial charge on any atom is 0.326 e. The largest absolute Gasteiger partial charge is 0.459 e. The number of hydrogen-bond donors (Lipinski definition) is 0. The van der Waals surface area contributed by atoms with Gasteiger partial charge in [0.1, 0.15) is 13.2 Å². The zero-order chi connectivity index (χ0) is 17.8. The quantitative estimate of drug-likeness (QED) is 0.503. The smallest absolute Gasteiger partial charge is 0.326 e. The maximum atomic E-state index is 12.4. The fourth-order valence-electron chi connectivity index (χ4n) is 3.05. The molecule has 128 valence electrons. The van der Waals surface area contributed by atoms with Crippen LogP contribution in [0, 0.1) is 0 Å². The molecule has 0 aliphatic carbocycles. The number of hydrogen-bond acceptors (Lipinski definition) is 3. The summed E-state index contributed by atoms with van der Waals surface area (Å²) < 4.78 is 7.45. The number of rotatable bonds is 5. The molecule has 2 aromatic heterocycles. The van der Waals surface area contributed by atoms with Crippen molar-refractivity contribution >= 4 is 16.9 Å². The van der Waals surface area contributed by atoms with E-state index in [1.165, 1.54) is 0 Å². The first-order valence-electron chi connectivity index (χ1n) is 8.49. The molecule has 0 saturated carbocycles. The van der Waals surface area contributed by atoms with Gasteiger partial charge in [-0.15, -0.1) is 0 Å². The fourth-order valence-corrected chi connectivity index (χ4v) is 3.05. The predicted molar refractivity (Wildman–Crippen MR) is 101 cm³/mol. The van der Waals surface area contributed by atoms with Crippen LogP contribution in [-0.4, -0.2) is 15.5 Å². The van der Waals surface area contributed by atoms with Gasteiger partial charge in [0.25, 0.3) is 0 Å². The summed E-state index contributed by atoms with van der Waals surface area (Å²) in [6, 6.07) is 24.0. The molecule has 0 fully saturated rings. The van der Waals surface area contributed by atoms with Gasteiger partial charge in [-0.3, -0.25) is 9.78 Å². The van der Waals surface area contributed by atoms with Gasteiger partial charge in [-0.2, -0.15) is 0 Å². The first-order chi connectivity index (χ1) is 12.8. The third-order valence-electron chi connectivity index (χ3n) is 4.29. The molecule has 0 unspecified atom stereocenters. The summed E-state index contributed by atoms with van der Waals surface area (Å²) in [5.41, 5.74) is 3.97. The summed E-state index contributed by atoms with van der Waals surface area (Å²) in [7, 11) is 0. The number of para-hydroxylation sites is 1. The van der Waals surface area contributed by atoms with Gasteiger partial charge in [0, 0.05) is 34.6 Å². The Bertz CT molecular complexity index is 1020. The summed E-state index contributed by atoms with van der Waals surface area (Å²) in [5.74, 6) is -0.271. The summed E-state index contributed by atoms with van der Waals surface area (Å²) in [6.07, 6.45) is 3.40. The third kappa shape index (κ3) is 3.35. The molecular formula is C22H18N2O2. The van der Waals surface area contributed by atoms with E-state index in [1.807, 2.05) is 65.2 Å². The van der Waals surface area contributed by atoms with Crippen LogP contribution in [0.2, 0.25) is 0 Å². The van der Waals surface area contributed by atoms with Gasteiger partial charge in [-0.1, -0.05) is 54.6 Å². The molecule has 4 nitrogen and oxygen atoms in total. The van der Waals surface area contributed by atoms with Crippen molar-refractivity contribution in [2.24, 2.45) is 0 Å². The number of ether oxygens (including phenoxy) is 1. The van der Waals surface area contributed by atoms with Crippen LogP contribution in [0.5, 0.6) is 0 Å². The molecule has 0 amide bonds. The van der Waals surface area contributed by atoms with Crippen molar-refractivity contribution in [1.82, 2.24) is 9.55 Å². The highest BCUT2D eigenvalue weighted by Gasteiger charge is 2.14. The minimum Gasteiger partial charge on any atom is -0.459 e. The summed E-state index contributed by atoms with van der Waals surface area (Å²) in [4.78, 5) is 16.5. The first-order valence-corrected chi connectivity index (χ1v) is 8.49. The van der Waals surface area contributed by atoms with Crippen molar-refractivity contribution in [1.29, 1.82) is 0 Å². The second-order valence-electron chi connectivity index (χ2n) is 6.06. The number of carbonyl (C=O) groups is 1. The van der Waals surface area contributed by atoms with E-state index in [4.69, 9.17) is 4.74 Å². The number of pyridine rings is 1. The van der Waals surface area contributed by atoms with Crippen molar-refractivity contribution in [3.05, 3.63) is 90.8 Å². The second kappa shape index (κ2) is 7.23. The van der Waals surface area contributed by atoms with Crippen molar-refractivity contribution < 1.29 is 9.53 Å². The second-order valence-corrected chi connectivity index (χ2v) is 6.06. The van der Waals surface area contributed by atoms with Gasteiger partial charge in [-0.05, 0) is 23.8 Å². The van der Waals surface area contributed by atoms with E-state index in [0.29, 0.717) is 0 Å². The summed E-state index contributed by atoms with van der Waals surface area (Å²) >= 11 is 0. The lowest BCUT2D eigenvalue weighted by Crippen LogP contribution is -2.14. The molecule has 4 rings (SSSR count). The van der Waals surface area contributed by atoms with Gasteiger partial charge in [0.15, 0.2) is 0 Å². The number of carbonyl (C=O) groups excluding carboxylic acids is 1. The SMILES string of the molecule is O=C(Cn1c(-c2ccccc2)cc2ccccc21)OCc1cccnc1. The van der Waals surface area contributed by atoms with Crippen molar-refractivity contribution in [2.45, 2.75) is 13.2 Å². The van der Waals surface area contributed by atoms with Crippen LogP contribution >= 0.6 is 0 Å². The fraction of sp³-hybridized carbons (Fsp3) is 0.0909. The average molecular weight is 342 g/mol. The number of nitrogens with zero attached hydrogens (tertiary/aromatic N) is 2. The Morgan fingerprint density at radius 3 is 2.58 bits per heavy atom. The van der Waals surface area contributed by atoms with E-state index in [1.54, 1.807) is 12.4 Å². The van der Waals surface area contributed by atoms with E-state index >= 15 is 0 Å². The summed E-state index contributed by atoms with van der Waals surface area (Å²) in [5, 5.41) is 1.10. The zero-order valence-corrected chi connectivity index (χ0v) is 14.2. The molecule has 0 saturated heterocycles. The highest BCUT2D eigenvalue weighted by atomic mass is 16.5. The Balaban J connectivity index is 1.61. The average Bonchev–Trinajstić information content (AvgIpc) is 3.06. The third-order valence-corrected chi connectivity index (χ3v) is 4.29. The Morgan fingerprint density at radius 1 is 0.962 bits per heavy atom. The minimum atomic E-state index is -0.271. The van der Waals surface area contributed by atoms with Gasteiger partial charge in [0.2, 0.25) is 0 Å². The van der Waals surface area contributed by atoms with Gasteiger partial charge in [-0.25, -0.2) is 0 Å². The molecular weight excluding hydrogens is 324 g/mol. The number of esters is 1. The molecule has 26 heavy (non-hydrogen) atoms. The Kier molecular flexibility index (Phi) is 4.48. The molecule has 4 aromatic rings. The monoisotopic (exact) mass is 342 g/mol. The molecule has 0 aliphatic heterocycles.